The first-order valence-corrected chi connectivity index (χ1v) is 9.61. The molecule has 1 aromatic heterocycles. The van der Waals surface area contributed by atoms with Crippen LogP contribution in [0.4, 0.5) is 5.69 Å². The molecule has 2 aromatic rings. The monoisotopic (exact) mass is 391 g/mol. The number of benzene rings is 1. The first kappa shape index (κ1) is 18.1. The molecular formula is C18H15Cl2N3OS. The zero-order valence-electron chi connectivity index (χ0n) is 13.3. The normalized spacial score (nSPS) is 13.0. The average molecular weight is 392 g/mol. The summed E-state index contributed by atoms with van der Waals surface area (Å²) in [5.74, 6) is -0.0823. The molecule has 1 aromatic carbocycles. The summed E-state index contributed by atoms with van der Waals surface area (Å²) in [6, 6.07) is 8.98. The second-order valence-corrected chi connectivity index (χ2v) is 7.53. The first-order chi connectivity index (χ1) is 12.1. The Morgan fingerprint density at radius 1 is 1.28 bits per heavy atom. The molecule has 0 bridgehead atoms. The summed E-state index contributed by atoms with van der Waals surface area (Å²) in [7, 11) is 0. The van der Waals surface area contributed by atoms with E-state index in [1.165, 1.54) is 11.8 Å². The number of fused-ring (bicyclic) bond motifs is 1. The molecular weight excluding hydrogens is 377 g/mol. The topological polar surface area (TPSA) is 65.8 Å². The van der Waals surface area contributed by atoms with Crippen LogP contribution in [0.5, 0.6) is 0 Å². The van der Waals surface area contributed by atoms with Gasteiger partial charge < -0.3 is 5.32 Å². The van der Waals surface area contributed by atoms with Gasteiger partial charge in [0.05, 0.1) is 22.0 Å². The van der Waals surface area contributed by atoms with Crippen molar-refractivity contribution in [2.24, 2.45) is 0 Å². The third-order valence-electron chi connectivity index (χ3n) is 3.93. The molecule has 3 rings (SSSR count). The smallest absolute Gasteiger partial charge is 0.234 e. The Bertz CT molecular complexity index is 864. The van der Waals surface area contributed by atoms with Gasteiger partial charge in [-0.3, -0.25) is 4.79 Å². The minimum Gasteiger partial charge on any atom is -0.324 e. The number of nitrogens with one attached hydrogen (secondary N) is 1. The molecule has 7 heteroatoms. The number of anilines is 1. The molecule has 0 fully saturated rings. The standard InChI is InChI=1S/C18H15Cl2N3OS/c19-13-5-6-14(20)16(8-13)22-17(24)10-25-18-12(9-21)7-11-3-1-2-4-15(11)23-18/h5-8H,1-4,10H2,(H,22,24). The highest BCUT2D eigenvalue weighted by molar-refractivity contribution is 8.00. The van der Waals surface area contributed by atoms with Gasteiger partial charge in [0.15, 0.2) is 0 Å². The number of aryl methyl sites for hydroxylation is 2. The molecule has 4 nitrogen and oxygen atoms in total. The Morgan fingerprint density at radius 3 is 2.88 bits per heavy atom. The number of thioether (sulfide) groups is 1. The second kappa shape index (κ2) is 8.09. The fraction of sp³-hybridized carbons (Fsp3) is 0.278. The summed E-state index contributed by atoms with van der Waals surface area (Å²) < 4.78 is 0. The van der Waals surface area contributed by atoms with Crippen molar-refractivity contribution in [3.05, 3.63) is 51.1 Å². The van der Waals surface area contributed by atoms with Gasteiger partial charge >= 0.3 is 0 Å². The molecule has 1 N–H and O–H groups in total. The Labute approximate surface area is 160 Å². The van der Waals surface area contributed by atoms with E-state index in [9.17, 15) is 10.1 Å². The van der Waals surface area contributed by atoms with E-state index in [0.717, 1.165) is 36.9 Å². The highest BCUT2D eigenvalue weighted by Gasteiger charge is 2.16. The lowest BCUT2D eigenvalue weighted by atomic mass is 9.95. The van der Waals surface area contributed by atoms with Crippen LogP contribution in [-0.4, -0.2) is 16.6 Å². The fourth-order valence-electron chi connectivity index (χ4n) is 2.72. The van der Waals surface area contributed by atoms with Crippen molar-refractivity contribution < 1.29 is 4.79 Å². The molecule has 0 aliphatic heterocycles. The number of pyridine rings is 1. The van der Waals surface area contributed by atoms with Crippen LogP contribution in [0.15, 0.2) is 29.3 Å². The van der Waals surface area contributed by atoms with Gasteiger partial charge in [-0.05, 0) is 55.5 Å². The zero-order chi connectivity index (χ0) is 17.8. The SMILES string of the molecule is N#Cc1cc2c(nc1SCC(=O)Nc1cc(Cl)ccc1Cl)CCCC2. The third kappa shape index (κ3) is 4.46. The van der Waals surface area contributed by atoms with Crippen molar-refractivity contribution in [3.8, 4) is 6.07 Å². The van der Waals surface area contributed by atoms with Crippen molar-refractivity contribution in [1.82, 2.24) is 4.98 Å². The number of rotatable bonds is 4. The van der Waals surface area contributed by atoms with E-state index in [4.69, 9.17) is 23.2 Å². The number of carbonyl (C=O) groups is 1. The van der Waals surface area contributed by atoms with Crippen molar-refractivity contribution in [2.75, 3.05) is 11.1 Å². The molecule has 25 heavy (non-hydrogen) atoms. The van der Waals surface area contributed by atoms with Gasteiger partial charge in [-0.25, -0.2) is 4.98 Å². The van der Waals surface area contributed by atoms with Crippen LogP contribution >= 0.6 is 35.0 Å². The molecule has 128 valence electrons. The van der Waals surface area contributed by atoms with Crippen molar-refractivity contribution in [2.45, 2.75) is 30.7 Å². The van der Waals surface area contributed by atoms with Gasteiger partial charge in [-0.1, -0.05) is 35.0 Å². The zero-order valence-corrected chi connectivity index (χ0v) is 15.6. The Balaban J connectivity index is 1.70. The third-order valence-corrected chi connectivity index (χ3v) is 5.48. The molecule has 0 saturated carbocycles. The quantitative estimate of drug-likeness (QED) is 0.754. The highest BCUT2D eigenvalue weighted by Crippen LogP contribution is 2.28. The minimum absolute atomic E-state index is 0.142. The van der Waals surface area contributed by atoms with Crippen LogP contribution < -0.4 is 5.32 Å². The molecule has 0 spiro atoms. The van der Waals surface area contributed by atoms with E-state index in [1.807, 2.05) is 6.07 Å². The molecule has 0 saturated heterocycles. The number of carbonyl (C=O) groups excluding carboxylic acids is 1. The molecule has 1 aliphatic carbocycles. The highest BCUT2D eigenvalue weighted by atomic mass is 35.5. The van der Waals surface area contributed by atoms with E-state index < -0.39 is 0 Å². The first-order valence-electron chi connectivity index (χ1n) is 7.87. The van der Waals surface area contributed by atoms with Crippen LogP contribution in [0, 0.1) is 11.3 Å². The van der Waals surface area contributed by atoms with Crippen LogP contribution in [-0.2, 0) is 17.6 Å². The predicted molar refractivity (Wildman–Crippen MR) is 101 cm³/mol. The average Bonchev–Trinajstić information content (AvgIpc) is 2.62. The second-order valence-electron chi connectivity index (χ2n) is 5.73. The van der Waals surface area contributed by atoms with Gasteiger partial charge in [-0.2, -0.15) is 5.26 Å². The summed E-state index contributed by atoms with van der Waals surface area (Å²) in [4.78, 5) is 16.8. The van der Waals surface area contributed by atoms with E-state index in [2.05, 4.69) is 16.4 Å². The number of hydrogen-bond acceptors (Lipinski definition) is 4. The van der Waals surface area contributed by atoms with Crippen LogP contribution in [0.25, 0.3) is 0 Å². The largest absolute Gasteiger partial charge is 0.324 e. The summed E-state index contributed by atoms with van der Waals surface area (Å²) in [6.07, 6.45) is 4.15. The van der Waals surface area contributed by atoms with Gasteiger partial charge in [0.25, 0.3) is 0 Å². The van der Waals surface area contributed by atoms with E-state index in [0.29, 0.717) is 26.3 Å². The van der Waals surface area contributed by atoms with Crippen LogP contribution in [0.1, 0.15) is 29.7 Å². The summed E-state index contributed by atoms with van der Waals surface area (Å²) in [5.41, 5.74) is 3.20. The van der Waals surface area contributed by atoms with E-state index >= 15 is 0 Å². The lowest BCUT2D eigenvalue weighted by Crippen LogP contribution is -2.15. The van der Waals surface area contributed by atoms with E-state index in [-0.39, 0.29) is 11.7 Å². The van der Waals surface area contributed by atoms with Crippen LogP contribution in [0.3, 0.4) is 0 Å². The minimum atomic E-state index is -0.224. The van der Waals surface area contributed by atoms with Gasteiger partial charge in [0, 0.05) is 10.7 Å². The van der Waals surface area contributed by atoms with Gasteiger partial charge in [-0.15, -0.1) is 0 Å². The maximum Gasteiger partial charge on any atom is 0.234 e. The van der Waals surface area contributed by atoms with E-state index in [1.54, 1.807) is 18.2 Å². The summed E-state index contributed by atoms with van der Waals surface area (Å²) in [5, 5.41) is 13.6. The van der Waals surface area contributed by atoms with Crippen molar-refractivity contribution in [3.63, 3.8) is 0 Å². The lowest BCUT2D eigenvalue weighted by Gasteiger charge is -2.16. The summed E-state index contributed by atoms with van der Waals surface area (Å²) >= 11 is 13.2. The molecule has 1 aliphatic rings. The van der Waals surface area contributed by atoms with Crippen LogP contribution in [0.2, 0.25) is 10.0 Å². The maximum atomic E-state index is 12.2. The number of halogens is 2. The number of aromatic nitrogens is 1. The maximum absolute atomic E-state index is 12.2. The molecule has 1 heterocycles. The van der Waals surface area contributed by atoms with Crippen molar-refractivity contribution >= 4 is 46.6 Å². The molecule has 0 atom stereocenters. The Morgan fingerprint density at radius 2 is 2.08 bits per heavy atom. The van der Waals surface area contributed by atoms with Gasteiger partial charge in [0.2, 0.25) is 5.91 Å². The molecule has 0 radical (unpaired) electrons. The summed E-state index contributed by atoms with van der Waals surface area (Å²) in [6.45, 7) is 0. The Hall–Kier alpha value is -1.74. The van der Waals surface area contributed by atoms with Crippen molar-refractivity contribution in [1.29, 1.82) is 5.26 Å². The molecule has 1 amide bonds. The fourth-order valence-corrected chi connectivity index (χ4v) is 3.83. The Kier molecular flexibility index (Phi) is 5.85. The number of nitriles is 1. The predicted octanol–water partition coefficient (Wildman–Crippen LogP) is 4.87. The number of hydrogen-bond donors (Lipinski definition) is 1. The number of amides is 1. The number of nitrogens with zero attached hydrogens (tertiary/aromatic N) is 2. The van der Waals surface area contributed by atoms with Gasteiger partial charge in [0.1, 0.15) is 11.1 Å². The lowest BCUT2D eigenvalue weighted by molar-refractivity contribution is -0.113. The molecule has 0 unspecified atom stereocenters.